The minimum Gasteiger partial charge on any atom is -0.491 e. The lowest BCUT2D eigenvalue weighted by molar-refractivity contribution is 0.242. The molecule has 0 fully saturated rings. The molecule has 0 unspecified atom stereocenters. The maximum Gasteiger partial charge on any atom is 0.254 e. The number of rotatable bonds is 5. The van der Waals surface area contributed by atoms with E-state index in [1.807, 2.05) is 38.1 Å². The van der Waals surface area contributed by atoms with Crippen LogP contribution >= 0.6 is 0 Å². The van der Waals surface area contributed by atoms with E-state index in [2.05, 4.69) is 46.3 Å². The molecule has 1 aromatic heterocycles. The van der Waals surface area contributed by atoms with Gasteiger partial charge in [-0.2, -0.15) is 14.8 Å². The highest BCUT2D eigenvalue weighted by molar-refractivity contribution is 6.50. The van der Waals surface area contributed by atoms with Crippen LogP contribution in [0, 0.1) is 6.92 Å². The van der Waals surface area contributed by atoms with Gasteiger partial charge in [-0.05, 0) is 50.6 Å². The Morgan fingerprint density at radius 2 is 1.78 bits per heavy atom. The predicted octanol–water partition coefficient (Wildman–Crippen LogP) is 3.95. The molecule has 0 bridgehead atoms. The lowest BCUT2D eigenvalue weighted by Crippen LogP contribution is -2.20. The summed E-state index contributed by atoms with van der Waals surface area (Å²) in [5, 5.41) is 4.27. The smallest absolute Gasteiger partial charge is 0.254 e. The van der Waals surface area contributed by atoms with Crippen LogP contribution in [0.5, 0.6) is 5.75 Å². The Morgan fingerprint density at radius 3 is 2.48 bits per heavy atom. The topological polar surface area (TPSA) is 64.7 Å². The summed E-state index contributed by atoms with van der Waals surface area (Å²) >= 11 is 0. The van der Waals surface area contributed by atoms with E-state index in [0.29, 0.717) is 18.3 Å². The van der Waals surface area contributed by atoms with Crippen molar-refractivity contribution in [3.8, 4) is 5.75 Å². The van der Waals surface area contributed by atoms with E-state index in [1.54, 1.807) is 4.68 Å². The summed E-state index contributed by atoms with van der Waals surface area (Å²) in [5.74, 6) is 2.09. The summed E-state index contributed by atoms with van der Waals surface area (Å²) in [5.41, 5.74) is 4.10. The van der Waals surface area contributed by atoms with Crippen LogP contribution < -0.4 is 4.74 Å². The molecule has 4 rings (SSSR count). The summed E-state index contributed by atoms with van der Waals surface area (Å²) in [4.78, 5) is 13.6. The number of ether oxygens (including phenoxy) is 1. The van der Waals surface area contributed by atoms with Gasteiger partial charge in [-0.15, -0.1) is 0 Å². The average molecular weight is 359 g/mol. The molecule has 2 heterocycles. The fourth-order valence-electron chi connectivity index (χ4n) is 2.87. The Kier molecular flexibility index (Phi) is 4.54. The van der Waals surface area contributed by atoms with Crippen molar-refractivity contribution in [3.05, 3.63) is 71.5 Å². The molecule has 0 amide bonds. The molecule has 0 saturated heterocycles. The molecule has 1 aliphatic rings. The van der Waals surface area contributed by atoms with E-state index in [0.717, 1.165) is 22.6 Å². The lowest BCUT2D eigenvalue weighted by Gasteiger charge is -2.10. The van der Waals surface area contributed by atoms with Gasteiger partial charge in [-0.1, -0.05) is 29.8 Å². The Bertz CT molecular complexity index is 998. The van der Waals surface area contributed by atoms with Crippen molar-refractivity contribution in [1.82, 2.24) is 14.8 Å². The summed E-state index contributed by atoms with van der Waals surface area (Å²) < 4.78 is 7.40. The molecule has 0 radical (unpaired) electrons. The minimum absolute atomic E-state index is 0.139. The van der Waals surface area contributed by atoms with Crippen LogP contribution in [0.4, 0.5) is 5.95 Å². The fourth-order valence-corrected chi connectivity index (χ4v) is 2.87. The van der Waals surface area contributed by atoms with E-state index in [4.69, 9.17) is 9.73 Å². The number of benzene rings is 2. The Balaban J connectivity index is 1.63. The molecule has 6 nitrogen and oxygen atoms in total. The molecule has 0 spiro atoms. The highest BCUT2D eigenvalue weighted by Gasteiger charge is 2.25. The molecule has 0 saturated carbocycles. The first-order valence-corrected chi connectivity index (χ1v) is 8.97. The van der Waals surface area contributed by atoms with E-state index >= 15 is 0 Å². The number of hydrogen-bond donors (Lipinski definition) is 0. The summed E-state index contributed by atoms with van der Waals surface area (Å²) in [6.45, 7) is 6.65. The first-order chi connectivity index (χ1) is 13.1. The van der Waals surface area contributed by atoms with Crippen molar-refractivity contribution in [2.75, 3.05) is 0 Å². The van der Waals surface area contributed by atoms with Crippen LogP contribution in [0.2, 0.25) is 0 Å². The SMILES string of the molecule is Cc1ccc(CN=C2C(c3ccc(OC(C)C)cc3)=Nc3ncnn32)cc1. The fraction of sp³-hybridized carbons (Fsp3) is 0.238. The van der Waals surface area contributed by atoms with Crippen molar-refractivity contribution in [1.29, 1.82) is 0 Å². The van der Waals surface area contributed by atoms with Crippen LogP contribution in [-0.2, 0) is 6.54 Å². The van der Waals surface area contributed by atoms with E-state index in [-0.39, 0.29) is 6.10 Å². The average Bonchev–Trinajstić information content (AvgIpc) is 3.23. The molecule has 2 aromatic carbocycles. The van der Waals surface area contributed by atoms with Gasteiger partial charge >= 0.3 is 0 Å². The third-order valence-electron chi connectivity index (χ3n) is 4.19. The predicted molar refractivity (Wildman–Crippen MR) is 106 cm³/mol. The lowest BCUT2D eigenvalue weighted by atomic mass is 10.1. The van der Waals surface area contributed by atoms with Gasteiger partial charge in [-0.3, -0.25) is 4.99 Å². The van der Waals surface area contributed by atoms with Crippen molar-refractivity contribution < 1.29 is 4.74 Å². The maximum absolute atomic E-state index is 5.72. The molecule has 0 N–H and O–H groups in total. The van der Waals surface area contributed by atoms with Gasteiger partial charge in [0, 0.05) is 5.56 Å². The van der Waals surface area contributed by atoms with Crippen LogP contribution in [0.1, 0.15) is 30.5 Å². The quantitative estimate of drug-likeness (QED) is 0.693. The molecule has 27 heavy (non-hydrogen) atoms. The zero-order valence-electron chi connectivity index (χ0n) is 15.6. The van der Waals surface area contributed by atoms with E-state index < -0.39 is 0 Å². The maximum atomic E-state index is 5.72. The highest BCUT2D eigenvalue weighted by Crippen LogP contribution is 2.22. The van der Waals surface area contributed by atoms with Gasteiger partial charge in [0.1, 0.15) is 17.8 Å². The van der Waals surface area contributed by atoms with E-state index in [9.17, 15) is 0 Å². The van der Waals surface area contributed by atoms with Crippen LogP contribution in [0.15, 0.2) is 64.8 Å². The standard InChI is InChI=1S/C21H21N5O/c1-14(2)27-18-10-8-17(9-11-18)19-20(26-21(25-19)23-13-24-26)22-12-16-6-4-15(3)5-7-16/h4-11,13-14H,12H2,1-3H3. The van der Waals surface area contributed by atoms with Gasteiger partial charge in [0.15, 0.2) is 5.84 Å². The van der Waals surface area contributed by atoms with Gasteiger partial charge in [0.05, 0.1) is 12.6 Å². The van der Waals surface area contributed by atoms with Gasteiger partial charge in [-0.25, -0.2) is 4.99 Å². The van der Waals surface area contributed by atoms with Gasteiger partial charge in [0.25, 0.3) is 5.95 Å². The third kappa shape index (κ3) is 3.65. The largest absolute Gasteiger partial charge is 0.491 e. The van der Waals surface area contributed by atoms with Crippen molar-refractivity contribution in [2.24, 2.45) is 9.98 Å². The summed E-state index contributed by atoms with van der Waals surface area (Å²) in [7, 11) is 0. The normalized spacial score (nSPS) is 14.5. The van der Waals surface area contributed by atoms with E-state index in [1.165, 1.54) is 11.9 Å². The Morgan fingerprint density at radius 1 is 1.04 bits per heavy atom. The zero-order chi connectivity index (χ0) is 18.8. The summed E-state index contributed by atoms with van der Waals surface area (Å²) in [6, 6.07) is 16.2. The monoisotopic (exact) mass is 359 g/mol. The second kappa shape index (κ2) is 7.15. The molecular weight excluding hydrogens is 338 g/mol. The van der Waals surface area contributed by atoms with Crippen molar-refractivity contribution in [3.63, 3.8) is 0 Å². The second-order valence-corrected chi connectivity index (χ2v) is 6.75. The highest BCUT2D eigenvalue weighted by atomic mass is 16.5. The first-order valence-electron chi connectivity index (χ1n) is 8.97. The molecule has 3 aromatic rings. The van der Waals surface area contributed by atoms with Crippen molar-refractivity contribution in [2.45, 2.75) is 33.4 Å². The number of nitrogens with zero attached hydrogens (tertiary/aromatic N) is 5. The van der Waals surface area contributed by atoms with Crippen LogP contribution in [0.25, 0.3) is 0 Å². The first kappa shape index (κ1) is 17.1. The molecular formula is C21H21N5O. The molecule has 0 atom stereocenters. The number of aryl methyl sites for hydroxylation is 1. The second-order valence-electron chi connectivity index (χ2n) is 6.75. The molecule has 136 valence electrons. The number of aromatic nitrogens is 3. The van der Waals surface area contributed by atoms with Gasteiger partial charge < -0.3 is 4.74 Å². The Labute approximate surface area is 158 Å². The number of aliphatic imine (C=N–C) groups is 2. The zero-order valence-corrected chi connectivity index (χ0v) is 15.6. The number of fused-ring (bicyclic) bond motifs is 1. The number of hydrogen-bond acceptors (Lipinski definition) is 5. The third-order valence-corrected chi connectivity index (χ3v) is 4.19. The van der Waals surface area contributed by atoms with Gasteiger partial charge in [0.2, 0.25) is 0 Å². The van der Waals surface area contributed by atoms with Crippen LogP contribution in [-0.4, -0.2) is 32.4 Å². The Hall–Kier alpha value is -3.28. The van der Waals surface area contributed by atoms with Crippen molar-refractivity contribution >= 4 is 17.5 Å². The van der Waals surface area contributed by atoms with Crippen LogP contribution in [0.3, 0.4) is 0 Å². The summed E-state index contributed by atoms with van der Waals surface area (Å²) in [6.07, 6.45) is 1.64. The molecule has 6 heteroatoms. The molecule has 1 aliphatic heterocycles. The minimum atomic E-state index is 0.139. The molecule has 0 aliphatic carbocycles.